The van der Waals surface area contributed by atoms with Crippen LogP contribution < -0.4 is 0 Å². The molecule has 1 aromatic rings. The van der Waals surface area contributed by atoms with Crippen molar-refractivity contribution < 1.29 is 14.7 Å². The maximum atomic E-state index is 12.7. The maximum absolute atomic E-state index is 12.7. The van der Waals surface area contributed by atoms with Crippen LogP contribution in [0.5, 0.6) is 0 Å². The molecule has 1 aliphatic heterocycles. The van der Waals surface area contributed by atoms with E-state index in [1.807, 2.05) is 29.2 Å². The first-order valence-electron chi connectivity index (χ1n) is 8.30. The number of carboxylic acids is 1. The molecule has 0 radical (unpaired) electrons. The van der Waals surface area contributed by atoms with Crippen molar-refractivity contribution in [2.24, 2.45) is 11.8 Å². The van der Waals surface area contributed by atoms with Gasteiger partial charge in [-0.3, -0.25) is 9.59 Å². The van der Waals surface area contributed by atoms with E-state index in [1.54, 1.807) is 0 Å². The summed E-state index contributed by atoms with van der Waals surface area (Å²) in [5, 5.41) is 9.52. The van der Waals surface area contributed by atoms with Crippen molar-refractivity contribution >= 4 is 23.5 Å². The zero-order valence-corrected chi connectivity index (χ0v) is 13.8. The van der Waals surface area contributed by atoms with Gasteiger partial charge < -0.3 is 10.0 Å². The zero-order valence-electron chi connectivity index (χ0n) is 13.1. The Morgan fingerprint density at radius 2 is 2.17 bits per heavy atom. The first-order chi connectivity index (χ1) is 11.0. The number of carboxylic acid groups (broad SMARTS) is 1. The highest BCUT2D eigenvalue weighted by Gasteiger charge is 2.46. The number of amides is 1. The summed E-state index contributed by atoms with van der Waals surface area (Å²) in [5.74, 6) is 0.172. The Labute approximate surface area is 141 Å². The van der Waals surface area contributed by atoms with Crippen LogP contribution in [-0.4, -0.2) is 35.0 Å². The van der Waals surface area contributed by atoms with Crippen molar-refractivity contribution in [2.75, 3.05) is 13.1 Å². The normalized spacial score (nSPS) is 26.8. The Bertz CT molecular complexity index is 604. The summed E-state index contributed by atoms with van der Waals surface area (Å²) < 4.78 is 0. The van der Waals surface area contributed by atoms with E-state index in [4.69, 9.17) is 16.7 Å². The van der Waals surface area contributed by atoms with Gasteiger partial charge in [-0.1, -0.05) is 23.7 Å². The Kier molecular flexibility index (Phi) is 4.90. The quantitative estimate of drug-likeness (QED) is 0.895. The SMILES string of the molecule is O=C(O)CC[C@@H]1CCCN(C(=O)[C@@H]2C[C@@H]2c2cccc(Cl)c2)C1. The third-order valence-corrected chi connectivity index (χ3v) is 5.22. The van der Waals surface area contributed by atoms with Crippen LogP contribution in [0.2, 0.25) is 5.02 Å². The molecule has 1 aliphatic carbocycles. The summed E-state index contributed by atoms with van der Waals surface area (Å²) in [6, 6.07) is 7.77. The molecule has 1 aromatic carbocycles. The van der Waals surface area contributed by atoms with Crippen molar-refractivity contribution in [1.82, 2.24) is 4.90 Å². The molecule has 0 spiro atoms. The van der Waals surface area contributed by atoms with Gasteiger partial charge in [0.25, 0.3) is 0 Å². The fourth-order valence-corrected chi connectivity index (χ4v) is 3.84. The molecule has 3 atom stereocenters. The van der Waals surface area contributed by atoms with Gasteiger partial charge in [-0.05, 0) is 55.2 Å². The van der Waals surface area contributed by atoms with E-state index in [1.165, 1.54) is 0 Å². The zero-order chi connectivity index (χ0) is 16.4. The molecular weight excluding hydrogens is 314 g/mol. The highest BCUT2D eigenvalue weighted by atomic mass is 35.5. The monoisotopic (exact) mass is 335 g/mol. The number of aliphatic carboxylic acids is 1. The van der Waals surface area contributed by atoms with E-state index in [0.717, 1.165) is 31.4 Å². The lowest BCUT2D eigenvalue weighted by Crippen LogP contribution is -2.41. The van der Waals surface area contributed by atoms with Crippen LogP contribution in [0, 0.1) is 11.8 Å². The number of hydrogen-bond donors (Lipinski definition) is 1. The standard InChI is InChI=1S/C18H22ClNO3/c19-14-5-1-4-13(9-14)15-10-16(15)18(23)20-8-2-3-12(11-20)6-7-17(21)22/h1,4-5,9,12,15-16H,2-3,6-8,10-11H2,(H,21,22)/t12-,15+,16+/m0/s1. The van der Waals surface area contributed by atoms with E-state index in [2.05, 4.69) is 0 Å². The first-order valence-corrected chi connectivity index (χ1v) is 8.68. The minimum Gasteiger partial charge on any atom is -0.481 e. The second-order valence-electron chi connectivity index (χ2n) is 6.73. The van der Waals surface area contributed by atoms with E-state index < -0.39 is 5.97 Å². The average Bonchev–Trinajstić information content (AvgIpc) is 3.33. The Morgan fingerprint density at radius 3 is 2.91 bits per heavy atom. The van der Waals surface area contributed by atoms with E-state index in [0.29, 0.717) is 29.8 Å². The Morgan fingerprint density at radius 1 is 1.35 bits per heavy atom. The summed E-state index contributed by atoms with van der Waals surface area (Å²) in [5.41, 5.74) is 1.15. The lowest BCUT2D eigenvalue weighted by atomic mass is 9.93. The molecule has 2 fully saturated rings. The molecule has 1 saturated carbocycles. The lowest BCUT2D eigenvalue weighted by molar-refractivity contribution is -0.137. The number of carbonyl (C=O) groups is 2. The van der Waals surface area contributed by atoms with Gasteiger partial charge >= 0.3 is 5.97 Å². The number of piperidine rings is 1. The third-order valence-electron chi connectivity index (χ3n) is 4.98. The minimum absolute atomic E-state index is 0.0756. The number of likely N-dealkylation sites (tertiary alicyclic amines) is 1. The summed E-state index contributed by atoms with van der Waals surface area (Å²) in [6.45, 7) is 1.52. The van der Waals surface area contributed by atoms with Gasteiger partial charge in [0, 0.05) is 30.5 Å². The Balaban J connectivity index is 1.55. The fourth-order valence-electron chi connectivity index (χ4n) is 3.64. The Hall–Kier alpha value is -1.55. The number of carbonyl (C=O) groups excluding carboxylic acids is 1. The molecule has 23 heavy (non-hydrogen) atoms. The van der Waals surface area contributed by atoms with Crippen molar-refractivity contribution in [3.8, 4) is 0 Å². The van der Waals surface area contributed by atoms with Crippen LogP contribution in [0.3, 0.4) is 0 Å². The second-order valence-corrected chi connectivity index (χ2v) is 7.17. The molecular formula is C18H22ClNO3. The number of rotatable bonds is 5. The maximum Gasteiger partial charge on any atom is 0.303 e. The van der Waals surface area contributed by atoms with Gasteiger partial charge in [0.15, 0.2) is 0 Å². The third kappa shape index (κ3) is 4.05. The van der Waals surface area contributed by atoms with Crippen LogP contribution in [-0.2, 0) is 9.59 Å². The molecule has 4 nitrogen and oxygen atoms in total. The molecule has 0 aromatic heterocycles. The van der Waals surface area contributed by atoms with Gasteiger partial charge in [0.1, 0.15) is 0 Å². The predicted octanol–water partition coefficient (Wildman–Crippen LogP) is 3.55. The first kappa shape index (κ1) is 16.3. The molecule has 2 aliphatic rings. The minimum atomic E-state index is -0.753. The van der Waals surface area contributed by atoms with Crippen LogP contribution in [0.25, 0.3) is 0 Å². The average molecular weight is 336 g/mol. The van der Waals surface area contributed by atoms with Gasteiger partial charge in [-0.15, -0.1) is 0 Å². The molecule has 0 bridgehead atoms. The van der Waals surface area contributed by atoms with Crippen molar-refractivity contribution in [1.29, 1.82) is 0 Å². The van der Waals surface area contributed by atoms with Gasteiger partial charge in [0.05, 0.1) is 0 Å². The molecule has 1 saturated heterocycles. The van der Waals surface area contributed by atoms with Crippen LogP contribution in [0.15, 0.2) is 24.3 Å². The molecule has 0 unspecified atom stereocenters. The van der Waals surface area contributed by atoms with E-state index in [-0.39, 0.29) is 18.2 Å². The van der Waals surface area contributed by atoms with Crippen molar-refractivity contribution in [3.05, 3.63) is 34.9 Å². The summed E-state index contributed by atoms with van der Waals surface area (Å²) in [7, 11) is 0. The number of hydrogen-bond acceptors (Lipinski definition) is 2. The largest absolute Gasteiger partial charge is 0.481 e. The van der Waals surface area contributed by atoms with Crippen LogP contribution >= 0.6 is 11.6 Å². The van der Waals surface area contributed by atoms with Gasteiger partial charge in [-0.25, -0.2) is 0 Å². The van der Waals surface area contributed by atoms with Crippen LogP contribution in [0.4, 0.5) is 0 Å². The fraction of sp³-hybridized carbons (Fsp3) is 0.556. The second kappa shape index (κ2) is 6.91. The van der Waals surface area contributed by atoms with Crippen LogP contribution in [0.1, 0.15) is 43.6 Å². The molecule has 5 heteroatoms. The van der Waals surface area contributed by atoms with E-state index in [9.17, 15) is 9.59 Å². The molecule has 1 N–H and O–H groups in total. The van der Waals surface area contributed by atoms with Gasteiger partial charge in [-0.2, -0.15) is 0 Å². The smallest absolute Gasteiger partial charge is 0.303 e. The summed E-state index contributed by atoms with van der Waals surface area (Å²) in [6.07, 6.45) is 3.77. The number of nitrogens with zero attached hydrogens (tertiary/aromatic N) is 1. The molecule has 3 rings (SSSR count). The lowest BCUT2D eigenvalue weighted by Gasteiger charge is -2.33. The number of halogens is 1. The molecule has 124 valence electrons. The van der Waals surface area contributed by atoms with Crippen molar-refractivity contribution in [2.45, 2.75) is 38.0 Å². The summed E-state index contributed by atoms with van der Waals surface area (Å²) >= 11 is 6.03. The molecule has 1 heterocycles. The summed E-state index contributed by atoms with van der Waals surface area (Å²) in [4.78, 5) is 25.4. The highest BCUT2D eigenvalue weighted by molar-refractivity contribution is 6.30. The van der Waals surface area contributed by atoms with Crippen molar-refractivity contribution in [3.63, 3.8) is 0 Å². The highest BCUT2D eigenvalue weighted by Crippen LogP contribution is 2.49. The predicted molar refractivity (Wildman–Crippen MR) is 88.5 cm³/mol. The number of benzene rings is 1. The van der Waals surface area contributed by atoms with Gasteiger partial charge in [0.2, 0.25) is 5.91 Å². The van der Waals surface area contributed by atoms with E-state index >= 15 is 0 Å². The molecule has 1 amide bonds. The topological polar surface area (TPSA) is 57.6 Å².